The zero-order chi connectivity index (χ0) is 19.3. The lowest BCUT2D eigenvalue weighted by atomic mass is 10.0. The first-order chi connectivity index (χ1) is 13.6. The highest BCUT2D eigenvalue weighted by Gasteiger charge is 2.35. The molecule has 28 heavy (non-hydrogen) atoms. The monoisotopic (exact) mass is 377 g/mol. The van der Waals surface area contributed by atoms with Gasteiger partial charge < -0.3 is 9.80 Å². The zero-order valence-electron chi connectivity index (χ0n) is 16.1. The second-order valence-corrected chi connectivity index (χ2v) is 8.11. The fourth-order valence-electron chi connectivity index (χ4n) is 4.29. The Kier molecular flexibility index (Phi) is 4.18. The fourth-order valence-corrected chi connectivity index (χ4v) is 4.29. The van der Waals surface area contributed by atoms with Gasteiger partial charge in [0.15, 0.2) is 0 Å². The molecule has 1 aliphatic heterocycles. The van der Waals surface area contributed by atoms with Crippen LogP contribution in [0.4, 0.5) is 10.1 Å². The topological polar surface area (TPSA) is 36.4 Å². The fraction of sp³-hybridized carbons (Fsp3) is 0.391. The number of allylic oxidation sites excluding steroid dienone is 1. The summed E-state index contributed by atoms with van der Waals surface area (Å²) in [5.41, 5.74) is 5.81. The molecule has 0 radical (unpaired) electrons. The van der Waals surface area contributed by atoms with Crippen molar-refractivity contribution in [1.82, 2.24) is 9.88 Å². The lowest BCUT2D eigenvalue weighted by Crippen LogP contribution is -2.49. The van der Waals surface area contributed by atoms with Crippen molar-refractivity contribution < 1.29 is 9.18 Å². The van der Waals surface area contributed by atoms with Gasteiger partial charge in [-0.25, -0.2) is 4.39 Å². The second-order valence-electron chi connectivity index (χ2n) is 8.11. The Morgan fingerprint density at radius 2 is 1.93 bits per heavy atom. The lowest BCUT2D eigenvalue weighted by Gasteiger charge is -2.37. The Bertz CT molecular complexity index is 972. The first-order valence-corrected chi connectivity index (χ1v) is 10.1. The van der Waals surface area contributed by atoms with Crippen molar-refractivity contribution in [3.8, 4) is 0 Å². The summed E-state index contributed by atoms with van der Waals surface area (Å²) < 4.78 is 14.5. The predicted octanol–water partition coefficient (Wildman–Crippen LogP) is 3.68. The van der Waals surface area contributed by atoms with Crippen molar-refractivity contribution in [3.05, 3.63) is 58.7 Å². The third-order valence-corrected chi connectivity index (χ3v) is 6.06. The smallest absolute Gasteiger partial charge is 0.225 e. The van der Waals surface area contributed by atoms with E-state index in [0.717, 1.165) is 67.1 Å². The van der Waals surface area contributed by atoms with E-state index in [2.05, 4.69) is 16.0 Å². The third kappa shape index (κ3) is 3.09. The molecule has 0 atom stereocenters. The van der Waals surface area contributed by atoms with Crippen molar-refractivity contribution in [2.75, 3.05) is 31.1 Å². The SMILES string of the molecule is Cc1ccc(C2=Cc3c(N4CCN(C(=O)C5CC5)CC4)ccnc3C2)c(F)c1. The van der Waals surface area contributed by atoms with Crippen LogP contribution in [0, 0.1) is 18.7 Å². The number of aromatic nitrogens is 1. The summed E-state index contributed by atoms with van der Waals surface area (Å²) in [4.78, 5) is 21.2. The maximum absolute atomic E-state index is 14.5. The number of pyridine rings is 1. The second kappa shape index (κ2) is 6.73. The number of piperazine rings is 1. The van der Waals surface area contributed by atoms with Crippen LogP contribution in [-0.4, -0.2) is 42.0 Å². The van der Waals surface area contributed by atoms with E-state index < -0.39 is 0 Å². The zero-order valence-corrected chi connectivity index (χ0v) is 16.1. The first-order valence-electron chi connectivity index (χ1n) is 10.1. The Hall–Kier alpha value is -2.69. The molecule has 2 fully saturated rings. The number of nitrogens with zero attached hydrogens (tertiary/aromatic N) is 3. The van der Waals surface area contributed by atoms with Crippen LogP contribution in [0.25, 0.3) is 11.6 Å². The van der Waals surface area contributed by atoms with Crippen LogP contribution in [0.5, 0.6) is 0 Å². The van der Waals surface area contributed by atoms with E-state index in [1.807, 2.05) is 36.2 Å². The van der Waals surface area contributed by atoms with E-state index in [1.54, 1.807) is 6.07 Å². The van der Waals surface area contributed by atoms with E-state index in [9.17, 15) is 9.18 Å². The van der Waals surface area contributed by atoms with Crippen LogP contribution in [0.2, 0.25) is 0 Å². The highest BCUT2D eigenvalue weighted by Crippen LogP contribution is 2.37. The average Bonchev–Trinajstić information content (AvgIpc) is 3.46. The standard InChI is InChI=1S/C23H24FN3O/c1-15-2-5-18(20(24)12-15)17-13-19-21(14-17)25-7-6-22(19)26-8-10-27(11-9-26)23(28)16-3-4-16/h2,5-7,12-13,16H,3-4,8-11,14H2,1H3. The van der Waals surface area contributed by atoms with Gasteiger partial charge in [0.25, 0.3) is 0 Å². The van der Waals surface area contributed by atoms with Gasteiger partial charge in [-0.15, -0.1) is 0 Å². The molecule has 3 aliphatic rings. The van der Waals surface area contributed by atoms with Crippen molar-refractivity contribution in [2.45, 2.75) is 26.2 Å². The Labute approximate surface area is 164 Å². The van der Waals surface area contributed by atoms with Crippen LogP contribution in [0.3, 0.4) is 0 Å². The van der Waals surface area contributed by atoms with Crippen LogP contribution >= 0.6 is 0 Å². The van der Waals surface area contributed by atoms with E-state index in [0.29, 0.717) is 17.9 Å². The molecule has 5 rings (SSSR count). The number of carbonyl (C=O) groups is 1. The average molecular weight is 377 g/mol. The molecule has 1 saturated heterocycles. The largest absolute Gasteiger partial charge is 0.367 e. The molecule has 144 valence electrons. The summed E-state index contributed by atoms with van der Waals surface area (Å²) in [7, 11) is 0. The van der Waals surface area contributed by atoms with Gasteiger partial charge in [-0.1, -0.05) is 12.1 Å². The molecule has 5 heteroatoms. The van der Waals surface area contributed by atoms with E-state index in [-0.39, 0.29) is 11.7 Å². The van der Waals surface area contributed by atoms with Gasteiger partial charge >= 0.3 is 0 Å². The summed E-state index contributed by atoms with van der Waals surface area (Å²) >= 11 is 0. The van der Waals surface area contributed by atoms with Gasteiger partial charge in [0.05, 0.1) is 5.69 Å². The number of halogens is 1. The maximum atomic E-state index is 14.5. The minimum absolute atomic E-state index is 0.173. The summed E-state index contributed by atoms with van der Waals surface area (Å²) in [6.45, 7) is 5.11. The number of rotatable bonds is 3. The first kappa shape index (κ1) is 17.4. The van der Waals surface area contributed by atoms with Gasteiger partial charge in [-0.3, -0.25) is 9.78 Å². The molecule has 0 spiro atoms. The molecule has 1 aromatic carbocycles. The molecule has 2 aliphatic carbocycles. The molecule has 1 aromatic heterocycles. The maximum Gasteiger partial charge on any atom is 0.225 e. The minimum Gasteiger partial charge on any atom is -0.367 e. The molecule has 1 saturated carbocycles. The van der Waals surface area contributed by atoms with E-state index in [1.165, 1.54) is 0 Å². The highest BCUT2D eigenvalue weighted by atomic mass is 19.1. The van der Waals surface area contributed by atoms with Crippen LogP contribution in [0.15, 0.2) is 30.5 Å². The molecule has 2 aromatic rings. The highest BCUT2D eigenvalue weighted by molar-refractivity contribution is 5.92. The Balaban J connectivity index is 1.38. The van der Waals surface area contributed by atoms with Gasteiger partial charge in [0, 0.05) is 61.5 Å². The van der Waals surface area contributed by atoms with E-state index >= 15 is 0 Å². The lowest BCUT2D eigenvalue weighted by molar-refractivity contribution is -0.132. The van der Waals surface area contributed by atoms with Gasteiger partial charge in [0.1, 0.15) is 5.82 Å². The summed E-state index contributed by atoms with van der Waals surface area (Å²) in [5.74, 6) is 0.441. The number of aryl methyl sites for hydroxylation is 1. The van der Waals surface area contributed by atoms with Crippen LogP contribution < -0.4 is 4.90 Å². The molecule has 1 amide bonds. The number of benzene rings is 1. The number of hydrogen-bond donors (Lipinski definition) is 0. The van der Waals surface area contributed by atoms with Gasteiger partial charge in [-0.05, 0) is 49.1 Å². The van der Waals surface area contributed by atoms with Gasteiger partial charge in [-0.2, -0.15) is 0 Å². The molecular formula is C23H24FN3O. The summed E-state index contributed by atoms with van der Waals surface area (Å²) in [5, 5.41) is 0. The van der Waals surface area contributed by atoms with Crippen molar-refractivity contribution >= 4 is 23.2 Å². The quantitative estimate of drug-likeness (QED) is 0.819. The number of amides is 1. The van der Waals surface area contributed by atoms with Crippen molar-refractivity contribution in [1.29, 1.82) is 0 Å². The number of hydrogen-bond acceptors (Lipinski definition) is 3. The molecule has 0 unspecified atom stereocenters. The summed E-state index contributed by atoms with van der Waals surface area (Å²) in [6, 6.07) is 7.45. The molecule has 4 nitrogen and oxygen atoms in total. The van der Waals surface area contributed by atoms with E-state index in [4.69, 9.17) is 0 Å². The third-order valence-electron chi connectivity index (χ3n) is 6.06. The number of fused-ring (bicyclic) bond motifs is 1. The molecule has 2 heterocycles. The molecule has 0 bridgehead atoms. The Morgan fingerprint density at radius 1 is 1.14 bits per heavy atom. The van der Waals surface area contributed by atoms with Crippen LogP contribution in [0.1, 0.15) is 35.2 Å². The predicted molar refractivity (Wildman–Crippen MR) is 108 cm³/mol. The van der Waals surface area contributed by atoms with Crippen molar-refractivity contribution in [3.63, 3.8) is 0 Å². The number of anilines is 1. The summed E-state index contributed by atoms with van der Waals surface area (Å²) in [6.07, 6.45) is 6.70. The molecule has 0 N–H and O–H groups in total. The van der Waals surface area contributed by atoms with Gasteiger partial charge in [0.2, 0.25) is 5.91 Å². The Morgan fingerprint density at radius 3 is 2.64 bits per heavy atom. The minimum atomic E-state index is -0.173. The van der Waals surface area contributed by atoms with Crippen molar-refractivity contribution in [2.24, 2.45) is 5.92 Å². The normalized spacial score (nSPS) is 18.9. The molecular weight excluding hydrogens is 353 g/mol. The number of carbonyl (C=O) groups excluding carboxylic acids is 1. The van der Waals surface area contributed by atoms with Crippen LogP contribution in [-0.2, 0) is 11.2 Å².